The fraction of sp³-hybridized carbons (Fsp3) is 0.318. The molecule has 0 saturated carbocycles. The van der Waals surface area contributed by atoms with Crippen LogP contribution in [0.4, 0.5) is 0 Å². The molecule has 0 bridgehead atoms. The van der Waals surface area contributed by atoms with Crippen LogP contribution in [0, 0.1) is 13.8 Å². The second kappa shape index (κ2) is 6.75. The summed E-state index contributed by atoms with van der Waals surface area (Å²) in [6.45, 7) is 8.79. The van der Waals surface area contributed by atoms with Crippen molar-refractivity contribution in [1.82, 2.24) is 0 Å². The minimum Gasteiger partial charge on any atom is -0.488 e. The van der Waals surface area contributed by atoms with Gasteiger partial charge in [0.25, 0.3) is 0 Å². The summed E-state index contributed by atoms with van der Waals surface area (Å²) in [4.78, 5) is 10.8. The van der Waals surface area contributed by atoms with Gasteiger partial charge in [0, 0.05) is 23.1 Å². The Bertz CT molecular complexity index is 817. The zero-order valence-corrected chi connectivity index (χ0v) is 15.3. The summed E-state index contributed by atoms with van der Waals surface area (Å²) in [5.41, 5.74) is 5.11. The quantitative estimate of drug-likeness (QED) is 0.581. The van der Waals surface area contributed by atoms with Gasteiger partial charge in [-0.25, -0.2) is 0 Å². The molecule has 2 aromatic carbocycles. The summed E-state index contributed by atoms with van der Waals surface area (Å²) in [6.07, 6.45) is 4.94. The van der Waals surface area contributed by atoms with Crippen molar-refractivity contribution in [2.24, 2.45) is 0 Å². The van der Waals surface area contributed by atoms with Crippen LogP contribution in [0.15, 0.2) is 36.4 Å². The number of hydrogen-bond acceptors (Lipinski definition) is 3. The maximum Gasteiger partial charge on any atom is 0.142 e. The van der Waals surface area contributed by atoms with Crippen molar-refractivity contribution in [3.63, 3.8) is 0 Å². The monoisotopic (exact) mass is 336 g/mol. The number of rotatable bonds is 5. The van der Waals surface area contributed by atoms with Crippen LogP contribution in [0.5, 0.6) is 11.5 Å². The van der Waals surface area contributed by atoms with Gasteiger partial charge in [-0.2, -0.15) is 0 Å². The highest BCUT2D eigenvalue weighted by atomic mass is 16.5. The molecule has 0 aliphatic carbocycles. The van der Waals surface area contributed by atoms with Gasteiger partial charge in [-0.3, -0.25) is 4.79 Å². The van der Waals surface area contributed by atoms with E-state index < -0.39 is 0 Å². The Hall–Kier alpha value is -2.55. The first-order chi connectivity index (χ1) is 11.9. The number of fused-ring (bicyclic) bond motifs is 1. The molecule has 0 amide bonds. The Morgan fingerprint density at radius 1 is 1.16 bits per heavy atom. The zero-order valence-electron chi connectivity index (χ0n) is 15.3. The summed E-state index contributed by atoms with van der Waals surface area (Å²) in [5, 5.41) is 0. The van der Waals surface area contributed by atoms with E-state index in [4.69, 9.17) is 9.47 Å². The maximum absolute atomic E-state index is 10.8. The van der Waals surface area contributed by atoms with Gasteiger partial charge in [0.15, 0.2) is 0 Å². The molecule has 130 valence electrons. The standard InChI is InChI=1S/C22H24O3/c1-15-18(11-8-12-23)21-19(13-22(3,4)25-21)16(2)20(15)24-14-17-9-6-5-7-10-17/h5-12H,13-14H2,1-4H3. The molecule has 1 aliphatic rings. The normalized spacial score (nSPS) is 15.0. The minimum absolute atomic E-state index is 0.249. The lowest BCUT2D eigenvalue weighted by atomic mass is 9.92. The van der Waals surface area contributed by atoms with Crippen molar-refractivity contribution >= 4 is 12.4 Å². The van der Waals surface area contributed by atoms with E-state index in [1.807, 2.05) is 31.2 Å². The third kappa shape index (κ3) is 3.46. The number of allylic oxidation sites excluding steroid dienone is 1. The number of ether oxygens (including phenoxy) is 2. The lowest BCUT2D eigenvalue weighted by Crippen LogP contribution is -2.24. The van der Waals surface area contributed by atoms with E-state index in [-0.39, 0.29) is 5.60 Å². The van der Waals surface area contributed by atoms with E-state index >= 15 is 0 Å². The minimum atomic E-state index is -0.249. The highest BCUT2D eigenvalue weighted by Crippen LogP contribution is 2.46. The third-order valence-corrected chi connectivity index (χ3v) is 4.60. The summed E-state index contributed by atoms with van der Waals surface area (Å²) in [7, 11) is 0. The van der Waals surface area contributed by atoms with Gasteiger partial charge in [0.1, 0.15) is 30.0 Å². The highest BCUT2D eigenvalue weighted by molar-refractivity contribution is 5.79. The van der Waals surface area contributed by atoms with Gasteiger partial charge in [0.2, 0.25) is 0 Å². The second-order valence-electron chi connectivity index (χ2n) is 7.11. The molecular weight excluding hydrogens is 312 g/mol. The Labute approximate surface area is 149 Å². The van der Waals surface area contributed by atoms with Crippen LogP contribution >= 0.6 is 0 Å². The molecule has 3 rings (SSSR count). The van der Waals surface area contributed by atoms with E-state index in [1.165, 1.54) is 11.6 Å². The van der Waals surface area contributed by atoms with Crippen molar-refractivity contribution in [2.75, 3.05) is 0 Å². The van der Waals surface area contributed by atoms with E-state index in [1.54, 1.807) is 0 Å². The van der Waals surface area contributed by atoms with Gasteiger partial charge in [-0.1, -0.05) is 30.3 Å². The van der Waals surface area contributed by atoms with Crippen molar-refractivity contribution in [3.05, 3.63) is 64.2 Å². The van der Waals surface area contributed by atoms with Crippen LogP contribution in [0.25, 0.3) is 6.08 Å². The Morgan fingerprint density at radius 3 is 2.56 bits per heavy atom. The predicted molar refractivity (Wildman–Crippen MR) is 100 cm³/mol. The first kappa shape index (κ1) is 17.3. The molecule has 1 heterocycles. The lowest BCUT2D eigenvalue weighted by molar-refractivity contribution is -0.104. The fourth-order valence-electron chi connectivity index (χ4n) is 3.39. The Balaban J connectivity index is 2.04. The van der Waals surface area contributed by atoms with Crippen LogP contribution in [0.3, 0.4) is 0 Å². The van der Waals surface area contributed by atoms with Crippen LogP contribution in [0.1, 0.15) is 41.7 Å². The number of hydrogen-bond donors (Lipinski definition) is 0. The molecular formula is C22H24O3. The van der Waals surface area contributed by atoms with E-state index in [2.05, 4.69) is 32.9 Å². The summed E-state index contributed by atoms with van der Waals surface area (Å²) >= 11 is 0. The molecule has 2 aromatic rings. The zero-order chi connectivity index (χ0) is 18.0. The number of aldehydes is 1. The van der Waals surface area contributed by atoms with Crippen LogP contribution in [-0.2, 0) is 17.8 Å². The summed E-state index contributed by atoms with van der Waals surface area (Å²) < 4.78 is 12.4. The first-order valence-electron chi connectivity index (χ1n) is 8.56. The first-order valence-corrected chi connectivity index (χ1v) is 8.56. The van der Waals surface area contributed by atoms with Crippen molar-refractivity contribution < 1.29 is 14.3 Å². The molecule has 0 spiro atoms. The summed E-state index contributed by atoms with van der Waals surface area (Å²) in [5.74, 6) is 1.76. The van der Waals surface area contributed by atoms with Gasteiger partial charge in [0.05, 0.1) is 0 Å². The molecule has 0 aromatic heterocycles. The predicted octanol–water partition coefficient (Wildman–Crippen LogP) is 4.81. The van der Waals surface area contributed by atoms with Crippen molar-refractivity contribution in [1.29, 1.82) is 0 Å². The van der Waals surface area contributed by atoms with Gasteiger partial charge in [-0.05, 0) is 51.0 Å². The fourth-order valence-corrected chi connectivity index (χ4v) is 3.39. The van der Waals surface area contributed by atoms with Crippen molar-refractivity contribution in [3.8, 4) is 11.5 Å². The molecule has 0 radical (unpaired) electrons. The van der Waals surface area contributed by atoms with Crippen molar-refractivity contribution in [2.45, 2.75) is 46.3 Å². The van der Waals surface area contributed by atoms with Crippen LogP contribution < -0.4 is 9.47 Å². The molecule has 25 heavy (non-hydrogen) atoms. The van der Waals surface area contributed by atoms with Crippen LogP contribution in [0.2, 0.25) is 0 Å². The SMILES string of the molecule is Cc1c(C=CC=O)c2c(c(C)c1OCc1ccccc1)CC(C)(C)O2. The Morgan fingerprint density at radius 2 is 1.88 bits per heavy atom. The summed E-state index contributed by atoms with van der Waals surface area (Å²) in [6, 6.07) is 10.1. The number of benzene rings is 2. The Kier molecular flexibility index (Phi) is 4.67. The molecule has 3 heteroatoms. The smallest absolute Gasteiger partial charge is 0.142 e. The topological polar surface area (TPSA) is 35.5 Å². The maximum atomic E-state index is 10.8. The lowest BCUT2D eigenvalue weighted by Gasteiger charge is -2.19. The van der Waals surface area contributed by atoms with Gasteiger partial charge in [-0.15, -0.1) is 0 Å². The molecule has 0 saturated heterocycles. The average Bonchev–Trinajstić information content (AvgIpc) is 2.91. The highest BCUT2D eigenvalue weighted by Gasteiger charge is 2.35. The molecule has 1 aliphatic heterocycles. The van der Waals surface area contributed by atoms with E-state index in [9.17, 15) is 4.79 Å². The van der Waals surface area contributed by atoms with E-state index in [0.29, 0.717) is 6.61 Å². The number of carbonyl (C=O) groups excluding carboxylic acids is 1. The molecule has 0 fully saturated rings. The molecule has 0 N–H and O–H groups in total. The largest absolute Gasteiger partial charge is 0.488 e. The van der Waals surface area contributed by atoms with Gasteiger partial charge < -0.3 is 9.47 Å². The molecule has 0 atom stereocenters. The average molecular weight is 336 g/mol. The molecule has 3 nitrogen and oxygen atoms in total. The number of carbonyl (C=O) groups is 1. The van der Waals surface area contributed by atoms with Gasteiger partial charge >= 0.3 is 0 Å². The third-order valence-electron chi connectivity index (χ3n) is 4.60. The van der Waals surface area contributed by atoms with Crippen LogP contribution in [-0.4, -0.2) is 11.9 Å². The molecule has 0 unspecified atom stereocenters. The second-order valence-corrected chi connectivity index (χ2v) is 7.11. The van der Waals surface area contributed by atoms with E-state index in [0.717, 1.165) is 46.5 Å².